The summed E-state index contributed by atoms with van der Waals surface area (Å²) in [6.07, 6.45) is 3.81. The molecule has 6 rings (SSSR count). The molecule has 9 unspecified atom stereocenters. The smallest absolute Gasteiger partial charge is 0.193 e. The zero-order chi connectivity index (χ0) is 16.9. The molecule has 25 heavy (non-hydrogen) atoms. The van der Waals surface area contributed by atoms with Crippen LogP contribution in [0.3, 0.4) is 0 Å². The highest BCUT2D eigenvalue weighted by Crippen LogP contribution is 2.85. The van der Waals surface area contributed by atoms with Crippen molar-refractivity contribution in [1.82, 2.24) is 0 Å². The van der Waals surface area contributed by atoms with Gasteiger partial charge in [-0.05, 0) is 84.3 Å². The molecule has 0 radical (unpaired) electrons. The first-order valence-electron chi connectivity index (χ1n) is 10.00. The molecule has 0 aliphatic heterocycles. The third kappa shape index (κ3) is 1.61. The van der Waals surface area contributed by atoms with Gasteiger partial charge in [0.25, 0.3) is 0 Å². The Labute approximate surface area is 148 Å². The summed E-state index contributed by atoms with van der Waals surface area (Å²) in [5, 5.41) is 14.7. The number of aryl methyl sites for hydroxylation is 1. The summed E-state index contributed by atoms with van der Waals surface area (Å²) in [6, 6.07) is 8.30. The fourth-order valence-corrected chi connectivity index (χ4v) is 8.16. The predicted molar refractivity (Wildman–Crippen MR) is 98.0 cm³/mol. The van der Waals surface area contributed by atoms with E-state index in [1.54, 1.807) is 0 Å². The van der Waals surface area contributed by atoms with Gasteiger partial charge >= 0.3 is 0 Å². The quantitative estimate of drug-likeness (QED) is 0.584. The van der Waals surface area contributed by atoms with Crippen LogP contribution in [0.5, 0.6) is 0 Å². The van der Waals surface area contributed by atoms with Gasteiger partial charge in [0.1, 0.15) is 0 Å². The monoisotopic (exact) mass is 337 g/mol. The van der Waals surface area contributed by atoms with Crippen molar-refractivity contribution in [3.63, 3.8) is 0 Å². The standard InChI is InChI=1S/C21H27N3O/c1-2-10-3-5-11(6-4-10)24-20(22)23-9-21(25)18-13-8-14-16-12(13)7-15(18)17(16)19(14)21/h3-6,12-19,25H,2,7-9H2,1H3,(H3,22,23,24). The van der Waals surface area contributed by atoms with Gasteiger partial charge in [0, 0.05) is 5.69 Å². The summed E-state index contributed by atoms with van der Waals surface area (Å²) in [7, 11) is 0. The number of nitrogens with zero attached hydrogens (tertiary/aromatic N) is 1. The van der Waals surface area contributed by atoms with Crippen LogP contribution in [0.15, 0.2) is 29.3 Å². The van der Waals surface area contributed by atoms with Gasteiger partial charge in [-0.2, -0.15) is 0 Å². The van der Waals surface area contributed by atoms with Gasteiger partial charge in [0.05, 0.1) is 12.1 Å². The predicted octanol–water partition coefficient (Wildman–Crippen LogP) is 2.48. The van der Waals surface area contributed by atoms with Crippen LogP contribution in [0.2, 0.25) is 0 Å². The summed E-state index contributed by atoms with van der Waals surface area (Å²) in [6.45, 7) is 2.63. The number of aliphatic hydroxyl groups is 1. The maximum atomic E-state index is 11.6. The lowest BCUT2D eigenvalue weighted by Gasteiger charge is -2.51. The van der Waals surface area contributed by atoms with Crippen molar-refractivity contribution in [3.8, 4) is 0 Å². The maximum absolute atomic E-state index is 11.6. The number of nitrogens with two attached hydrogens (primary N) is 1. The second-order valence-electron chi connectivity index (χ2n) is 9.20. The summed E-state index contributed by atoms with van der Waals surface area (Å²) < 4.78 is 0. The molecule has 1 aromatic rings. The zero-order valence-corrected chi connectivity index (χ0v) is 14.7. The normalized spacial score (nSPS) is 50.6. The van der Waals surface area contributed by atoms with Gasteiger partial charge in [-0.1, -0.05) is 19.1 Å². The number of hydrogen-bond donors (Lipinski definition) is 3. The molecule has 0 spiro atoms. The Balaban J connectivity index is 1.20. The second kappa shape index (κ2) is 4.59. The second-order valence-corrected chi connectivity index (χ2v) is 9.20. The molecule has 9 atom stereocenters. The summed E-state index contributed by atoms with van der Waals surface area (Å²) in [4.78, 5) is 4.59. The lowest BCUT2D eigenvalue weighted by Crippen LogP contribution is -2.56. The first-order valence-corrected chi connectivity index (χ1v) is 10.00. The molecule has 2 bridgehead atoms. The number of nitrogens with one attached hydrogen (secondary N) is 1. The van der Waals surface area contributed by atoms with Gasteiger partial charge in [-0.25, -0.2) is 0 Å². The van der Waals surface area contributed by atoms with E-state index in [0.29, 0.717) is 24.3 Å². The number of anilines is 1. The van der Waals surface area contributed by atoms with Crippen molar-refractivity contribution < 1.29 is 5.11 Å². The van der Waals surface area contributed by atoms with Crippen LogP contribution in [-0.4, -0.2) is 23.2 Å². The van der Waals surface area contributed by atoms with Crippen molar-refractivity contribution in [2.45, 2.75) is 31.8 Å². The molecular weight excluding hydrogens is 310 g/mol. The zero-order valence-electron chi connectivity index (χ0n) is 14.7. The number of fused-ring (bicyclic) bond motifs is 2. The molecule has 4 N–H and O–H groups in total. The Bertz CT molecular complexity index is 753. The van der Waals surface area contributed by atoms with Crippen LogP contribution in [-0.2, 0) is 6.42 Å². The highest BCUT2D eigenvalue weighted by molar-refractivity contribution is 5.92. The van der Waals surface area contributed by atoms with E-state index in [4.69, 9.17) is 5.73 Å². The lowest BCUT2D eigenvalue weighted by atomic mass is 9.56. The van der Waals surface area contributed by atoms with Crippen molar-refractivity contribution in [1.29, 1.82) is 0 Å². The molecule has 5 saturated carbocycles. The van der Waals surface area contributed by atoms with Crippen LogP contribution < -0.4 is 11.1 Å². The van der Waals surface area contributed by atoms with Crippen LogP contribution in [0.4, 0.5) is 5.69 Å². The number of rotatable bonds is 4. The molecule has 4 nitrogen and oxygen atoms in total. The molecule has 1 aromatic carbocycles. The van der Waals surface area contributed by atoms with Gasteiger partial charge in [0.15, 0.2) is 5.96 Å². The Morgan fingerprint density at radius 1 is 1.12 bits per heavy atom. The highest BCUT2D eigenvalue weighted by Gasteiger charge is 2.84. The molecule has 5 fully saturated rings. The molecule has 5 aliphatic carbocycles. The Morgan fingerprint density at radius 3 is 2.60 bits per heavy atom. The average molecular weight is 337 g/mol. The molecule has 0 aromatic heterocycles. The van der Waals surface area contributed by atoms with Crippen LogP contribution in [0.1, 0.15) is 25.3 Å². The van der Waals surface area contributed by atoms with E-state index in [0.717, 1.165) is 47.6 Å². The third-order valence-corrected chi connectivity index (χ3v) is 8.66. The molecule has 5 aliphatic rings. The molecule has 4 heteroatoms. The van der Waals surface area contributed by atoms with Crippen molar-refractivity contribution in [2.75, 3.05) is 11.9 Å². The van der Waals surface area contributed by atoms with Gasteiger partial charge in [-0.15, -0.1) is 0 Å². The third-order valence-electron chi connectivity index (χ3n) is 8.66. The molecule has 0 heterocycles. The van der Waals surface area contributed by atoms with E-state index in [1.165, 1.54) is 18.4 Å². The molecular formula is C21H27N3O. The Kier molecular flexibility index (Phi) is 2.68. The van der Waals surface area contributed by atoms with E-state index in [2.05, 4.69) is 29.4 Å². The molecule has 0 amide bonds. The first-order chi connectivity index (χ1) is 12.1. The largest absolute Gasteiger partial charge is 0.387 e. The van der Waals surface area contributed by atoms with E-state index in [-0.39, 0.29) is 0 Å². The number of aliphatic imine (C=N–C) groups is 1. The van der Waals surface area contributed by atoms with Gasteiger partial charge in [-0.3, -0.25) is 4.99 Å². The van der Waals surface area contributed by atoms with Crippen LogP contribution in [0.25, 0.3) is 0 Å². The Morgan fingerprint density at radius 2 is 1.84 bits per heavy atom. The van der Waals surface area contributed by atoms with Crippen molar-refractivity contribution >= 4 is 11.6 Å². The topological polar surface area (TPSA) is 70.6 Å². The number of guanidine groups is 1. The average Bonchev–Trinajstić information content (AvgIpc) is 3.13. The van der Waals surface area contributed by atoms with Crippen molar-refractivity contribution in [2.24, 2.45) is 58.1 Å². The van der Waals surface area contributed by atoms with E-state index in [1.807, 2.05) is 12.1 Å². The molecule has 0 saturated heterocycles. The van der Waals surface area contributed by atoms with E-state index < -0.39 is 5.60 Å². The Hall–Kier alpha value is -1.55. The minimum absolute atomic E-state index is 0.427. The number of hydrogen-bond acceptors (Lipinski definition) is 2. The van der Waals surface area contributed by atoms with Gasteiger partial charge in [0.2, 0.25) is 0 Å². The summed E-state index contributed by atoms with van der Waals surface area (Å²) in [5.74, 6) is 6.52. The summed E-state index contributed by atoms with van der Waals surface area (Å²) in [5.41, 5.74) is 7.82. The van der Waals surface area contributed by atoms with Crippen LogP contribution >= 0.6 is 0 Å². The first kappa shape index (κ1) is 14.6. The van der Waals surface area contributed by atoms with Crippen molar-refractivity contribution in [3.05, 3.63) is 29.8 Å². The SMILES string of the molecule is CCc1ccc(NC(N)=NCC2(O)C3C4CC5C6C4CC3C6C52)cc1. The van der Waals surface area contributed by atoms with E-state index >= 15 is 0 Å². The lowest BCUT2D eigenvalue weighted by molar-refractivity contribution is -0.123. The molecule has 132 valence electrons. The van der Waals surface area contributed by atoms with E-state index in [9.17, 15) is 5.11 Å². The summed E-state index contributed by atoms with van der Waals surface area (Å²) >= 11 is 0. The van der Waals surface area contributed by atoms with Gasteiger partial charge < -0.3 is 16.2 Å². The fraction of sp³-hybridized carbons (Fsp3) is 0.667. The maximum Gasteiger partial charge on any atom is 0.193 e. The fourth-order valence-electron chi connectivity index (χ4n) is 8.16. The minimum atomic E-state index is -0.580. The highest BCUT2D eigenvalue weighted by atomic mass is 16.3. The minimum Gasteiger partial charge on any atom is -0.387 e. The van der Waals surface area contributed by atoms with Crippen LogP contribution in [0, 0.1) is 47.3 Å². The number of benzene rings is 1.